The molecule has 8 nitrogen and oxygen atoms in total. The molecule has 1 aliphatic rings. The average Bonchev–Trinajstić information content (AvgIpc) is 2.85. The smallest absolute Gasteiger partial charge is 0.243 e. The van der Waals surface area contributed by atoms with Gasteiger partial charge in [0, 0.05) is 19.0 Å². The Morgan fingerprint density at radius 2 is 1.65 bits per heavy atom. The van der Waals surface area contributed by atoms with Gasteiger partial charge in [-0.15, -0.1) is 0 Å². The molecule has 0 aromatic heterocycles. The molecule has 1 N–H and O–H groups in total. The highest BCUT2D eigenvalue weighted by molar-refractivity contribution is 7.89. The lowest BCUT2D eigenvalue weighted by atomic mass is 9.96. The SMILES string of the molecule is CCOc1ccc([C@@H](C)NC(=O)C2CCN(S(=O)(=O)c3ccc(OC)cc3)CC2)cc1OCC. The molecule has 0 spiro atoms. The highest BCUT2D eigenvalue weighted by atomic mass is 32.2. The lowest BCUT2D eigenvalue weighted by Crippen LogP contribution is -2.43. The minimum Gasteiger partial charge on any atom is -0.497 e. The first-order chi connectivity index (χ1) is 16.3. The lowest BCUT2D eigenvalue weighted by molar-refractivity contribution is -0.126. The van der Waals surface area contributed by atoms with E-state index in [0.717, 1.165) is 5.56 Å². The second kappa shape index (κ2) is 11.6. The van der Waals surface area contributed by atoms with E-state index in [4.69, 9.17) is 14.2 Å². The van der Waals surface area contributed by atoms with Gasteiger partial charge in [0.05, 0.1) is 31.3 Å². The van der Waals surface area contributed by atoms with E-state index in [1.807, 2.05) is 39.0 Å². The third kappa shape index (κ3) is 6.01. The summed E-state index contributed by atoms with van der Waals surface area (Å²) in [4.78, 5) is 13.1. The van der Waals surface area contributed by atoms with Crippen LogP contribution in [0.2, 0.25) is 0 Å². The summed E-state index contributed by atoms with van der Waals surface area (Å²) < 4.78 is 43.7. The summed E-state index contributed by atoms with van der Waals surface area (Å²) >= 11 is 0. The van der Waals surface area contributed by atoms with Gasteiger partial charge >= 0.3 is 0 Å². The zero-order valence-corrected chi connectivity index (χ0v) is 21.1. The summed E-state index contributed by atoms with van der Waals surface area (Å²) in [6.45, 7) is 7.42. The van der Waals surface area contributed by atoms with E-state index >= 15 is 0 Å². The van der Waals surface area contributed by atoms with Gasteiger partial charge in [0.1, 0.15) is 5.75 Å². The van der Waals surface area contributed by atoms with Crippen LogP contribution in [0.4, 0.5) is 0 Å². The molecule has 186 valence electrons. The predicted molar refractivity (Wildman–Crippen MR) is 130 cm³/mol. The van der Waals surface area contributed by atoms with E-state index in [0.29, 0.717) is 56.4 Å². The second-order valence-electron chi connectivity index (χ2n) is 8.16. The third-order valence-electron chi connectivity index (χ3n) is 5.95. The second-order valence-corrected chi connectivity index (χ2v) is 10.1. The molecule has 0 radical (unpaired) electrons. The summed E-state index contributed by atoms with van der Waals surface area (Å²) in [5, 5.41) is 3.07. The Balaban J connectivity index is 1.59. The number of hydrogen-bond donors (Lipinski definition) is 1. The number of sulfonamides is 1. The van der Waals surface area contributed by atoms with E-state index in [2.05, 4.69) is 5.32 Å². The minimum atomic E-state index is -3.60. The van der Waals surface area contributed by atoms with Crippen LogP contribution in [0.3, 0.4) is 0 Å². The number of rotatable bonds is 10. The molecule has 1 aliphatic heterocycles. The molecule has 1 fully saturated rings. The molecule has 0 unspecified atom stereocenters. The summed E-state index contributed by atoms with van der Waals surface area (Å²) in [6, 6.07) is 11.8. The molecule has 2 aromatic rings. The Labute approximate surface area is 202 Å². The minimum absolute atomic E-state index is 0.0687. The fraction of sp³-hybridized carbons (Fsp3) is 0.480. The molecular formula is C25H34N2O6S. The highest BCUT2D eigenvalue weighted by Crippen LogP contribution is 2.31. The van der Waals surface area contributed by atoms with Gasteiger partial charge in [-0.2, -0.15) is 4.31 Å². The Morgan fingerprint density at radius 1 is 1.03 bits per heavy atom. The van der Waals surface area contributed by atoms with Crippen LogP contribution in [-0.4, -0.2) is 52.0 Å². The Bertz CT molecular complexity index is 1060. The number of nitrogens with zero attached hydrogens (tertiary/aromatic N) is 1. The Hall–Kier alpha value is -2.78. The van der Waals surface area contributed by atoms with Crippen LogP contribution in [0.25, 0.3) is 0 Å². The molecular weight excluding hydrogens is 456 g/mol. The van der Waals surface area contributed by atoms with Crippen molar-refractivity contribution in [3.63, 3.8) is 0 Å². The van der Waals surface area contributed by atoms with Gasteiger partial charge < -0.3 is 19.5 Å². The van der Waals surface area contributed by atoms with Crippen molar-refractivity contribution >= 4 is 15.9 Å². The fourth-order valence-electron chi connectivity index (χ4n) is 4.01. The summed E-state index contributed by atoms with van der Waals surface area (Å²) in [5.74, 6) is 1.63. The zero-order chi connectivity index (χ0) is 24.7. The van der Waals surface area contributed by atoms with Gasteiger partial charge in [-0.3, -0.25) is 4.79 Å². The Morgan fingerprint density at radius 3 is 2.24 bits per heavy atom. The van der Waals surface area contributed by atoms with Crippen LogP contribution in [0.1, 0.15) is 45.2 Å². The van der Waals surface area contributed by atoms with Crippen molar-refractivity contribution in [1.29, 1.82) is 0 Å². The van der Waals surface area contributed by atoms with Crippen LogP contribution in [0.15, 0.2) is 47.4 Å². The van der Waals surface area contributed by atoms with E-state index in [-0.39, 0.29) is 22.8 Å². The lowest BCUT2D eigenvalue weighted by Gasteiger charge is -2.31. The third-order valence-corrected chi connectivity index (χ3v) is 7.86. The monoisotopic (exact) mass is 490 g/mol. The maximum absolute atomic E-state index is 12.9. The van der Waals surface area contributed by atoms with E-state index in [1.165, 1.54) is 11.4 Å². The first-order valence-corrected chi connectivity index (χ1v) is 13.1. The van der Waals surface area contributed by atoms with Crippen molar-refractivity contribution in [2.45, 2.75) is 44.6 Å². The highest BCUT2D eigenvalue weighted by Gasteiger charge is 2.32. The van der Waals surface area contributed by atoms with Crippen molar-refractivity contribution in [3.05, 3.63) is 48.0 Å². The number of benzene rings is 2. The molecule has 0 bridgehead atoms. The van der Waals surface area contributed by atoms with Crippen LogP contribution in [0, 0.1) is 5.92 Å². The average molecular weight is 491 g/mol. The molecule has 0 aliphatic carbocycles. The maximum atomic E-state index is 12.9. The Kier molecular flexibility index (Phi) is 8.79. The quantitative estimate of drug-likeness (QED) is 0.545. The molecule has 1 saturated heterocycles. The number of nitrogens with one attached hydrogen (secondary N) is 1. The van der Waals surface area contributed by atoms with Gasteiger partial charge in [-0.1, -0.05) is 6.07 Å². The van der Waals surface area contributed by atoms with Gasteiger partial charge in [0.25, 0.3) is 0 Å². The number of hydrogen-bond acceptors (Lipinski definition) is 6. The standard InChI is InChI=1S/C25H34N2O6S/c1-5-32-23-12-7-20(17-24(23)33-6-2)18(3)26-25(28)19-13-15-27(16-14-19)34(29,30)22-10-8-21(31-4)9-11-22/h7-12,17-19H,5-6,13-16H2,1-4H3,(H,26,28)/t18-/m1/s1. The van der Waals surface area contributed by atoms with Crippen LogP contribution < -0.4 is 19.5 Å². The molecule has 3 rings (SSSR count). The molecule has 1 amide bonds. The number of carbonyl (C=O) groups is 1. The molecule has 34 heavy (non-hydrogen) atoms. The van der Waals surface area contributed by atoms with Crippen LogP contribution >= 0.6 is 0 Å². The summed E-state index contributed by atoms with van der Waals surface area (Å²) in [6.07, 6.45) is 0.947. The molecule has 2 aromatic carbocycles. The number of amides is 1. The summed E-state index contributed by atoms with van der Waals surface area (Å²) in [5.41, 5.74) is 0.916. The van der Waals surface area contributed by atoms with Gasteiger partial charge in [-0.05, 0) is 75.6 Å². The van der Waals surface area contributed by atoms with Gasteiger partial charge in [0.2, 0.25) is 15.9 Å². The zero-order valence-electron chi connectivity index (χ0n) is 20.2. The molecule has 1 heterocycles. The van der Waals surface area contributed by atoms with Crippen molar-refractivity contribution in [3.8, 4) is 17.2 Å². The van der Waals surface area contributed by atoms with E-state index in [1.54, 1.807) is 24.3 Å². The van der Waals surface area contributed by atoms with Crippen molar-refractivity contribution in [2.24, 2.45) is 5.92 Å². The number of methoxy groups -OCH3 is 1. The van der Waals surface area contributed by atoms with Crippen molar-refractivity contribution in [1.82, 2.24) is 9.62 Å². The van der Waals surface area contributed by atoms with Gasteiger partial charge in [-0.25, -0.2) is 8.42 Å². The normalized spacial score (nSPS) is 16.0. The maximum Gasteiger partial charge on any atom is 0.243 e. The number of carbonyl (C=O) groups excluding carboxylic acids is 1. The largest absolute Gasteiger partial charge is 0.497 e. The molecule has 9 heteroatoms. The molecule has 0 saturated carbocycles. The number of ether oxygens (including phenoxy) is 3. The van der Waals surface area contributed by atoms with Crippen LogP contribution in [-0.2, 0) is 14.8 Å². The topological polar surface area (TPSA) is 94.2 Å². The van der Waals surface area contributed by atoms with Crippen LogP contribution in [0.5, 0.6) is 17.2 Å². The van der Waals surface area contributed by atoms with Crippen molar-refractivity contribution < 1.29 is 27.4 Å². The summed E-state index contributed by atoms with van der Waals surface area (Å²) in [7, 11) is -2.07. The number of piperidine rings is 1. The predicted octanol–water partition coefficient (Wildman–Crippen LogP) is 3.77. The fourth-order valence-corrected chi connectivity index (χ4v) is 5.48. The van der Waals surface area contributed by atoms with Gasteiger partial charge in [0.15, 0.2) is 11.5 Å². The van der Waals surface area contributed by atoms with E-state index in [9.17, 15) is 13.2 Å². The first-order valence-electron chi connectivity index (χ1n) is 11.6. The first kappa shape index (κ1) is 25.8. The van der Waals surface area contributed by atoms with Crippen molar-refractivity contribution in [2.75, 3.05) is 33.4 Å². The molecule has 1 atom stereocenters. The van der Waals surface area contributed by atoms with E-state index < -0.39 is 10.0 Å².